The maximum Gasteiger partial charge on any atom is 0.0625 e. The molecule has 1 aliphatic rings. The first kappa shape index (κ1) is 19.9. The summed E-state index contributed by atoms with van der Waals surface area (Å²) in [5, 5.41) is 5.01. The first-order valence-corrected chi connectivity index (χ1v) is 12.0. The molecule has 2 heterocycles. The Hall–Kier alpha value is -4.56. The average Bonchev–Trinajstić information content (AvgIpc) is 3.25. The standard InChI is InChI=1S/C33H24N2/c1-22-25-18-16-23-17-19-29-27-13-7-9-15-31(27)35(24-10-4-3-5-11-24)33(29)32(23)28(25)20-21-34(2)30-14-8-6-12-26(22)30/h3-21H,1H2,2H3/b21-20-. The highest BCUT2D eigenvalue weighted by Crippen LogP contribution is 2.42. The first-order chi connectivity index (χ1) is 17.2. The van der Waals surface area contributed by atoms with Gasteiger partial charge in [0, 0.05) is 46.3 Å². The molecule has 0 unspecified atom stereocenters. The molecule has 0 radical (unpaired) electrons. The molecule has 0 N–H and O–H groups in total. The number of hydrogen-bond donors (Lipinski definition) is 0. The van der Waals surface area contributed by atoms with Gasteiger partial charge in [-0.3, -0.25) is 0 Å². The predicted octanol–water partition coefficient (Wildman–Crippen LogP) is 8.42. The van der Waals surface area contributed by atoms with Crippen molar-refractivity contribution in [2.24, 2.45) is 0 Å². The maximum absolute atomic E-state index is 4.58. The second kappa shape index (κ2) is 7.48. The summed E-state index contributed by atoms with van der Waals surface area (Å²) >= 11 is 0. The quantitative estimate of drug-likeness (QED) is 0.245. The van der Waals surface area contributed by atoms with E-state index in [9.17, 15) is 0 Å². The third kappa shape index (κ3) is 2.83. The second-order valence-corrected chi connectivity index (χ2v) is 9.20. The number of nitrogens with zero attached hydrogens (tertiary/aromatic N) is 2. The number of rotatable bonds is 1. The Morgan fingerprint density at radius 2 is 1.40 bits per heavy atom. The molecule has 5 aromatic carbocycles. The van der Waals surface area contributed by atoms with Crippen LogP contribution in [0, 0.1) is 0 Å². The summed E-state index contributed by atoms with van der Waals surface area (Å²) < 4.78 is 2.42. The molecule has 2 heteroatoms. The fourth-order valence-corrected chi connectivity index (χ4v) is 5.62. The minimum absolute atomic E-state index is 1.05. The van der Waals surface area contributed by atoms with Crippen LogP contribution in [0.4, 0.5) is 5.69 Å². The van der Waals surface area contributed by atoms with Crippen LogP contribution in [-0.2, 0) is 0 Å². The van der Waals surface area contributed by atoms with Crippen molar-refractivity contribution in [1.82, 2.24) is 4.57 Å². The van der Waals surface area contributed by atoms with Crippen LogP contribution in [0.1, 0.15) is 16.7 Å². The molecule has 0 spiro atoms. The van der Waals surface area contributed by atoms with Crippen LogP contribution in [0.15, 0.2) is 116 Å². The molecular weight excluding hydrogens is 424 g/mol. The fraction of sp³-hybridized carbons (Fsp3) is 0.0303. The maximum atomic E-state index is 4.58. The Bertz CT molecular complexity index is 1820. The van der Waals surface area contributed by atoms with Gasteiger partial charge in [0.05, 0.1) is 11.0 Å². The smallest absolute Gasteiger partial charge is 0.0625 e. The molecule has 1 aromatic heterocycles. The van der Waals surface area contributed by atoms with E-state index in [2.05, 4.69) is 138 Å². The van der Waals surface area contributed by atoms with Crippen LogP contribution in [0.5, 0.6) is 0 Å². The van der Waals surface area contributed by atoms with Gasteiger partial charge in [0.25, 0.3) is 0 Å². The molecule has 0 saturated carbocycles. The largest absolute Gasteiger partial charge is 0.351 e. The molecule has 6 aromatic rings. The Kier molecular flexibility index (Phi) is 4.24. The van der Waals surface area contributed by atoms with Crippen LogP contribution >= 0.6 is 0 Å². The van der Waals surface area contributed by atoms with Crippen LogP contribution in [0.3, 0.4) is 0 Å². The predicted molar refractivity (Wildman–Crippen MR) is 150 cm³/mol. The van der Waals surface area contributed by atoms with Crippen LogP contribution < -0.4 is 4.90 Å². The number of benzene rings is 5. The average molecular weight is 449 g/mol. The fourth-order valence-electron chi connectivity index (χ4n) is 5.62. The van der Waals surface area contributed by atoms with Crippen molar-refractivity contribution in [3.63, 3.8) is 0 Å². The van der Waals surface area contributed by atoms with Crippen LogP contribution in [0.25, 0.3) is 49.9 Å². The van der Waals surface area contributed by atoms with Gasteiger partial charge in [0.2, 0.25) is 0 Å². The van der Waals surface area contributed by atoms with Crippen molar-refractivity contribution in [3.8, 4) is 5.69 Å². The molecule has 0 fully saturated rings. The molecule has 0 saturated heterocycles. The zero-order chi connectivity index (χ0) is 23.5. The zero-order valence-electron chi connectivity index (χ0n) is 19.6. The number of hydrogen-bond acceptors (Lipinski definition) is 1. The van der Waals surface area contributed by atoms with Crippen molar-refractivity contribution in [2.45, 2.75) is 0 Å². The summed E-state index contributed by atoms with van der Waals surface area (Å²) in [6.45, 7) is 4.58. The minimum Gasteiger partial charge on any atom is -0.351 e. The van der Waals surface area contributed by atoms with Gasteiger partial charge in [-0.1, -0.05) is 85.4 Å². The van der Waals surface area contributed by atoms with Gasteiger partial charge < -0.3 is 9.47 Å². The Balaban J connectivity index is 1.68. The van der Waals surface area contributed by atoms with Crippen molar-refractivity contribution in [3.05, 3.63) is 133 Å². The summed E-state index contributed by atoms with van der Waals surface area (Å²) in [6, 6.07) is 36.9. The van der Waals surface area contributed by atoms with Gasteiger partial charge in [-0.05, 0) is 52.4 Å². The lowest BCUT2D eigenvalue weighted by Gasteiger charge is -2.24. The normalized spacial score (nSPS) is 14.1. The third-order valence-electron chi connectivity index (χ3n) is 7.27. The van der Waals surface area contributed by atoms with Gasteiger partial charge in [-0.15, -0.1) is 0 Å². The Labute approximate surface area is 204 Å². The molecule has 0 atom stereocenters. The zero-order valence-corrected chi connectivity index (χ0v) is 19.6. The van der Waals surface area contributed by atoms with Gasteiger partial charge in [0.15, 0.2) is 0 Å². The summed E-state index contributed by atoms with van der Waals surface area (Å²) in [6.07, 6.45) is 4.43. The lowest BCUT2D eigenvalue weighted by molar-refractivity contribution is 1.18. The second-order valence-electron chi connectivity index (χ2n) is 9.20. The highest BCUT2D eigenvalue weighted by atomic mass is 15.1. The van der Waals surface area contributed by atoms with Gasteiger partial charge in [-0.25, -0.2) is 0 Å². The Morgan fingerprint density at radius 3 is 2.29 bits per heavy atom. The summed E-state index contributed by atoms with van der Waals surface area (Å²) in [7, 11) is 2.11. The molecule has 0 aliphatic carbocycles. The van der Waals surface area contributed by atoms with Crippen LogP contribution in [0.2, 0.25) is 0 Å². The molecule has 0 amide bonds. The molecule has 35 heavy (non-hydrogen) atoms. The Morgan fingerprint density at radius 1 is 0.657 bits per heavy atom. The minimum atomic E-state index is 1.05. The van der Waals surface area contributed by atoms with Crippen molar-refractivity contribution in [1.29, 1.82) is 0 Å². The van der Waals surface area contributed by atoms with E-state index in [-0.39, 0.29) is 0 Å². The molecule has 7 rings (SSSR count). The third-order valence-corrected chi connectivity index (χ3v) is 7.27. The van der Waals surface area contributed by atoms with E-state index in [1.807, 2.05) is 0 Å². The lowest BCUT2D eigenvalue weighted by atomic mass is 9.88. The monoisotopic (exact) mass is 448 g/mol. The summed E-state index contributed by atoms with van der Waals surface area (Å²) in [5.74, 6) is 0. The molecule has 2 nitrogen and oxygen atoms in total. The van der Waals surface area contributed by atoms with Crippen molar-refractivity contribution >= 4 is 49.9 Å². The lowest BCUT2D eigenvalue weighted by Crippen LogP contribution is -2.12. The molecule has 166 valence electrons. The number of aromatic nitrogens is 1. The van der Waals surface area contributed by atoms with E-state index >= 15 is 0 Å². The highest BCUT2D eigenvalue weighted by Gasteiger charge is 2.21. The van der Waals surface area contributed by atoms with E-state index < -0.39 is 0 Å². The summed E-state index contributed by atoms with van der Waals surface area (Å²) in [5.41, 5.74) is 9.38. The van der Waals surface area contributed by atoms with Gasteiger partial charge in [0.1, 0.15) is 0 Å². The SMILES string of the molecule is C=C1c2ccccc2N(C)/C=C\c2c1ccc1ccc3c4ccccc4n(-c4ccccc4)c3c21. The van der Waals surface area contributed by atoms with E-state index in [0.717, 1.165) is 16.8 Å². The van der Waals surface area contributed by atoms with Crippen molar-refractivity contribution < 1.29 is 0 Å². The topological polar surface area (TPSA) is 8.17 Å². The number of anilines is 1. The van der Waals surface area contributed by atoms with E-state index in [0.29, 0.717) is 0 Å². The van der Waals surface area contributed by atoms with Gasteiger partial charge >= 0.3 is 0 Å². The van der Waals surface area contributed by atoms with E-state index in [1.54, 1.807) is 0 Å². The van der Waals surface area contributed by atoms with Crippen molar-refractivity contribution in [2.75, 3.05) is 11.9 Å². The summed E-state index contributed by atoms with van der Waals surface area (Å²) in [4.78, 5) is 2.19. The van der Waals surface area contributed by atoms with E-state index in [1.165, 1.54) is 49.4 Å². The molecular formula is C33H24N2. The molecule has 1 aliphatic heterocycles. The number of para-hydroxylation sites is 3. The first-order valence-electron chi connectivity index (χ1n) is 12.0. The highest BCUT2D eigenvalue weighted by molar-refractivity contribution is 6.21. The number of fused-ring (bicyclic) bond motifs is 8. The molecule has 0 bridgehead atoms. The van der Waals surface area contributed by atoms with Crippen LogP contribution in [-0.4, -0.2) is 11.6 Å². The van der Waals surface area contributed by atoms with Gasteiger partial charge in [-0.2, -0.15) is 0 Å². The van der Waals surface area contributed by atoms with E-state index in [4.69, 9.17) is 0 Å².